The fourth-order valence-corrected chi connectivity index (χ4v) is 6.69. The van der Waals surface area contributed by atoms with E-state index in [1.54, 1.807) is 6.07 Å². The van der Waals surface area contributed by atoms with E-state index in [2.05, 4.69) is 20.4 Å². The lowest BCUT2D eigenvalue weighted by molar-refractivity contribution is -0.151. The molecule has 3 atom stereocenters. The first-order valence-corrected chi connectivity index (χ1v) is 16.1. The number of ether oxygens (including phenoxy) is 1. The number of pyridine rings is 2. The molecule has 13 nitrogen and oxygen atoms in total. The first-order chi connectivity index (χ1) is 21.5. The van der Waals surface area contributed by atoms with Crippen LogP contribution in [0, 0.1) is 17.8 Å². The van der Waals surface area contributed by atoms with Crippen molar-refractivity contribution in [2.45, 2.75) is 49.9 Å². The molecule has 0 bridgehead atoms. The van der Waals surface area contributed by atoms with Crippen LogP contribution in [0.3, 0.4) is 0 Å². The van der Waals surface area contributed by atoms with Crippen molar-refractivity contribution in [2.24, 2.45) is 17.8 Å². The minimum absolute atomic E-state index is 0.0200. The average Bonchev–Trinajstić information content (AvgIpc) is 3.49. The number of nitrogens with one attached hydrogen (secondary N) is 2. The molecule has 4 heterocycles. The Morgan fingerprint density at radius 3 is 2.59 bits per heavy atom. The summed E-state index contributed by atoms with van der Waals surface area (Å²) >= 11 is 6.21. The van der Waals surface area contributed by atoms with Gasteiger partial charge in [-0.05, 0) is 69.2 Å². The molecule has 5 rings (SSSR count). The van der Waals surface area contributed by atoms with Gasteiger partial charge in [0.1, 0.15) is 11.0 Å². The van der Waals surface area contributed by atoms with Gasteiger partial charge in [0, 0.05) is 30.9 Å². The van der Waals surface area contributed by atoms with Gasteiger partial charge in [-0.15, -0.1) is 5.10 Å². The van der Waals surface area contributed by atoms with Crippen LogP contribution in [0.4, 0.5) is 23.8 Å². The highest BCUT2D eigenvalue weighted by Gasteiger charge is 2.55. The summed E-state index contributed by atoms with van der Waals surface area (Å²) < 4.78 is 72.7. The van der Waals surface area contributed by atoms with E-state index in [1.165, 1.54) is 46.1 Å². The third kappa shape index (κ3) is 7.63. The lowest BCUT2D eigenvalue weighted by Crippen LogP contribution is -2.41. The zero-order valence-electron chi connectivity index (χ0n) is 24.7. The van der Waals surface area contributed by atoms with Crippen LogP contribution in [0.25, 0.3) is 5.82 Å². The monoisotopic (exact) mass is 685 g/mol. The predicted octanol–water partition coefficient (Wildman–Crippen LogP) is 4.59. The number of sulfonamides is 1. The number of likely N-dealkylation sites (tertiary alicyclic amines) is 1. The van der Waals surface area contributed by atoms with Crippen LogP contribution in [0.15, 0.2) is 47.6 Å². The van der Waals surface area contributed by atoms with Crippen molar-refractivity contribution >= 4 is 39.4 Å². The summed E-state index contributed by atoms with van der Waals surface area (Å²) in [5.74, 6) is -2.23. The molecular formula is C28H31ClF3N7O6S. The first kappa shape index (κ1) is 33.2. The minimum Gasteiger partial charge on any atom is -0.477 e. The third-order valence-electron chi connectivity index (χ3n) is 7.95. The number of carbonyl (C=O) groups is 2. The number of aromatic nitrogens is 4. The van der Waals surface area contributed by atoms with Crippen LogP contribution in [0.1, 0.15) is 43.5 Å². The average molecular weight is 686 g/mol. The first-order valence-electron chi connectivity index (χ1n) is 14.2. The molecule has 3 aromatic heterocycles. The standard InChI is InChI=1S/C28H31ClF3N7O6S/c1-27(2)13-16(15-38(27)26(41)42)14-33-20-4-3-5-23(34-20)46(43,44)37-25(40)18-6-7-21(35-24(18)29)39-10-8-22(36-39)45-11-9-17-12-19(17)28(30,31)32/h3-8,10,16-17,19H,9,11-15H2,1-2H3,(H,33,34)(H,37,40)(H,41,42). The molecule has 2 fully saturated rings. The Balaban J connectivity index is 1.16. The van der Waals surface area contributed by atoms with Gasteiger partial charge in [0.15, 0.2) is 10.8 Å². The molecule has 1 saturated heterocycles. The number of hydrogen-bond acceptors (Lipinski definition) is 9. The van der Waals surface area contributed by atoms with E-state index in [0.29, 0.717) is 19.5 Å². The number of anilines is 1. The van der Waals surface area contributed by atoms with Crippen molar-refractivity contribution in [2.75, 3.05) is 25.0 Å². The predicted molar refractivity (Wildman–Crippen MR) is 158 cm³/mol. The Bertz CT molecular complexity index is 1740. The number of halogens is 4. The van der Waals surface area contributed by atoms with Gasteiger partial charge in [-0.1, -0.05) is 17.7 Å². The lowest BCUT2D eigenvalue weighted by Gasteiger charge is -2.28. The Hall–Kier alpha value is -4.12. The van der Waals surface area contributed by atoms with Crippen molar-refractivity contribution in [3.8, 4) is 11.7 Å². The van der Waals surface area contributed by atoms with Crippen LogP contribution in [-0.2, 0) is 10.0 Å². The Labute approximate surface area is 267 Å². The SMILES string of the molecule is CC1(C)CC(CNc2cccc(S(=O)(=O)NC(=O)c3ccc(-n4ccc(OCCC5CC5C(F)(F)F)n4)nc3Cl)n2)CN1C(=O)O. The topological polar surface area (TPSA) is 169 Å². The number of alkyl halides is 3. The molecule has 0 aromatic carbocycles. The normalized spacial score (nSPS) is 20.7. The number of carboxylic acid groups (broad SMARTS) is 1. The molecule has 3 unspecified atom stereocenters. The van der Waals surface area contributed by atoms with Crippen LogP contribution < -0.4 is 14.8 Å². The summed E-state index contributed by atoms with van der Waals surface area (Å²) in [6, 6.07) is 8.35. The van der Waals surface area contributed by atoms with E-state index in [-0.39, 0.29) is 53.6 Å². The molecule has 0 spiro atoms. The number of nitrogens with zero attached hydrogens (tertiary/aromatic N) is 5. The summed E-state index contributed by atoms with van der Waals surface area (Å²) in [5.41, 5.74) is -0.766. The highest BCUT2D eigenvalue weighted by molar-refractivity contribution is 7.90. The maximum Gasteiger partial charge on any atom is 0.407 e. The molecule has 1 aliphatic carbocycles. The molecule has 2 aliphatic rings. The molecule has 3 aromatic rings. The second kappa shape index (κ2) is 12.6. The van der Waals surface area contributed by atoms with Gasteiger partial charge >= 0.3 is 12.3 Å². The Morgan fingerprint density at radius 1 is 1.17 bits per heavy atom. The molecule has 248 valence electrons. The number of rotatable bonds is 11. The van der Waals surface area contributed by atoms with Crippen molar-refractivity contribution in [1.82, 2.24) is 29.4 Å². The number of carbonyl (C=O) groups excluding carboxylic acids is 1. The zero-order chi connectivity index (χ0) is 33.4. The van der Waals surface area contributed by atoms with Gasteiger partial charge in [0.2, 0.25) is 5.88 Å². The summed E-state index contributed by atoms with van der Waals surface area (Å²) in [7, 11) is -4.42. The second-order valence-electron chi connectivity index (χ2n) is 11.8. The molecule has 1 saturated carbocycles. The maximum absolute atomic E-state index is 13.0. The summed E-state index contributed by atoms with van der Waals surface area (Å²) in [6.07, 6.45) is -2.76. The minimum atomic E-state index is -4.42. The highest BCUT2D eigenvalue weighted by atomic mass is 35.5. The quantitative estimate of drug-likeness (QED) is 0.243. The molecule has 18 heteroatoms. The van der Waals surface area contributed by atoms with Crippen molar-refractivity contribution in [3.63, 3.8) is 0 Å². The molecular weight excluding hydrogens is 655 g/mol. The summed E-state index contributed by atoms with van der Waals surface area (Å²) in [6.45, 7) is 4.42. The maximum atomic E-state index is 13.0. The van der Waals surface area contributed by atoms with E-state index in [9.17, 15) is 36.3 Å². The third-order valence-corrected chi connectivity index (χ3v) is 9.47. The highest BCUT2D eigenvalue weighted by Crippen LogP contribution is 2.51. The van der Waals surface area contributed by atoms with Gasteiger partial charge in [-0.25, -0.2) is 24.2 Å². The van der Waals surface area contributed by atoms with Crippen LogP contribution in [0.5, 0.6) is 5.88 Å². The molecule has 3 N–H and O–H groups in total. The Kier molecular flexibility index (Phi) is 9.10. The van der Waals surface area contributed by atoms with E-state index in [0.717, 1.165) is 0 Å². The summed E-state index contributed by atoms with van der Waals surface area (Å²) in [4.78, 5) is 34.0. The fraction of sp³-hybridized carbons (Fsp3) is 0.464. The Morgan fingerprint density at radius 2 is 1.93 bits per heavy atom. The van der Waals surface area contributed by atoms with Crippen molar-refractivity contribution in [3.05, 3.63) is 53.3 Å². The number of hydrogen-bond donors (Lipinski definition) is 3. The van der Waals surface area contributed by atoms with Gasteiger partial charge in [-0.2, -0.15) is 21.6 Å². The van der Waals surface area contributed by atoms with E-state index in [1.807, 2.05) is 18.6 Å². The molecule has 0 radical (unpaired) electrons. The van der Waals surface area contributed by atoms with Gasteiger partial charge in [-0.3, -0.25) is 4.79 Å². The van der Waals surface area contributed by atoms with E-state index >= 15 is 0 Å². The fourth-order valence-electron chi connectivity index (χ4n) is 5.52. The second-order valence-corrected chi connectivity index (χ2v) is 13.8. The summed E-state index contributed by atoms with van der Waals surface area (Å²) in [5, 5.41) is 15.9. The number of amides is 2. The molecule has 1 aliphatic heterocycles. The van der Waals surface area contributed by atoms with Crippen molar-refractivity contribution < 1.29 is 41.0 Å². The largest absolute Gasteiger partial charge is 0.477 e. The zero-order valence-corrected chi connectivity index (χ0v) is 26.2. The lowest BCUT2D eigenvalue weighted by atomic mass is 9.96. The van der Waals surface area contributed by atoms with Crippen LogP contribution in [-0.4, -0.2) is 81.6 Å². The molecule has 46 heavy (non-hydrogen) atoms. The van der Waals surface area contributed by atoms with E-state index < -0.39 is 50.6 Å². The van der Waals surface area contributed by atoms with Crippen molar-refractivity contribution in [1.29, 1.82) is 0 Å². The van der Waals surface area contributed by atoms with Gasteiger partial charge in [0.05, 0.1) is 18.1 Å². The van der Waals surface area contributed by atoms with Gasteiger partial charge < -0.3 is 20.1 Å². The van der Waals surface area contributed by atoms with E-state index in [4.69, 9.17) is 16.3 Å². The van der Waals surface area contributed by atoms with Crippen LogP contribution >= 0.6 is 11.6 Å². The van der Waals surface area contributed by atoms with Gasteiger partial charge in [0.25, 0.3) is 15.9 Å². The molecule has 2 amide bonds. The smallest absolute Gasteiger partial charge is 0.407 e. The van der Waals surface area contributed by atoms with Crippen LogP contribution in [0.2, 0.25) is 5.15 Å².